The maximum Gasteiger partial charge on any atom is 0.335 e. The molecular weight excluding hydrogens is 560 g/mol. The van der Waals surface area contributed by atoms with Crippen molar-refractivity contribution < 1.29 is 14.4 Å². The predicted molar refractivity (Wildman–Crippen MR) is 117 cm³/mol. The number of amides is 4. The average molecular weight is 573 g/mol. The lowest BCUT2D eigenvalue weighted by atomic mass is 10.1. The van der Waals surface area contributed by atoms with Gasteiger partial charge >= 0.3 is 6.03 Å². The van der Waals surface area contributed by atoms with Gasteiger partial charge in [-0.3, -0.25) is 14.9 Å². The number of barbiturate groups is 1. The van der Waals surface area contributed by atoms with Gasteiger partial charge in [0.25, 0.3) is 11.8 Å². The van der Waals surface area contributed by atoms with E-state index in [4.69, 9.17) is 0 Å². The summed E-state index contributed by atoms with van der Waals surface area (Å²) in [4.78, 5) is 38.1. The molecule has 2 aromatic carbocycles. The second kappa shape index (κ2) is 7.74. The molecule has 2 N–H and O–H groups in total. The van der Waals surface area contributed by atoms with E-state index in [1.165, 1.54) is 6.08 Å². The Hall–Kier alpha value is -1.95. The van der Waals surface area contributed by atoms with Crippen LogP contribution in [0.25, 0.3) is 6.08 Å². The van der Waals surface area contributed by atoms with E-state index in [0.717, 1.165) is 17.7 Å². The first kappa shape index (κ1) is 18.8. The fraction of sp³-hybridized carbons (Fsp3) is 0.0556. The number of carbonyl (C=O) groups is 3. The Morgan fingerprint density at radius 2 is 1.65 bits per heavy atom. The molecule has 0 saturated carbocycles. The van der Waals surface area contributed by atoms with Gasteiger partial charge in [0.15, 0.2) is 0 Å². The fourth-order valence-electron chi connectivity index (χ4n) is 2.55. The fourth-order valence-corrected chi connectivity index (χ4v) is 4.91. The summed E-state index contributed by atoms with van der Waals surface area (Å²) in [5, 5.41) is 5.33. The molecular formula is C18H13I2N3O3. The van der Waals surface area contributed by atoms with Gasteiger partial charge in [-0.1, -0.05) is 18.2 Å². The monoisotopic (exact) mass is 573 g/mol. The van der Waals surface area contributed by atoms with Gasteiger partial charge in [0.2, 0.25) is 0 Å². The van der Waals surface area contributed by atoms with Crippen LogP contribution in [0.5, 0.6) is 0 Å². The highest BCUT2D eigenvalue weighted by atomic mass is 127. The molecule has 0 atom stereocenters. The molecule has 6 nitrogen and oxygen atoms in total. The number of carbonyl (C=O) groups excluding carboxylic acids is 3. The van der Waals surface area contributed by atoms with Crippen molar-refractivity contribution in [2.24, 2.45) is 0 Å². The van der Waals surface area contributed by atoms with E-state index < -0.39 is 17.8 Å². The molecule has 0 radical (unpaired) electrons. The van der Waals surface area contributed by atoms with Crippen LogP contribution in [0, 0.1) is 7.14 Å². The zero-order chi connectivity index (χ0) is 18.8. The second-order valence-corrected chi connectivity index (χ2v) is 7.73. The summed E-state index contributed by atoms with van der Waals surface area (Å²) < 4.78 is 1.92. The molecule has 2 aromatic rings. The third-order valence-electron chi connectivity index (χ3n) is 3.74. The first-order valence-electron chi connectivity index (χ1n) is 7.55. The zero-order valence-corrected chi connectivity index (χ0v) is 17.9. The Labute approximate surface area is 177 Å². The molecule has 1 fully saturated rings. The Morgan fingerprint density at radius 1 is 1.04 bits per heavy atom. The number of rotatable bonds is 3. The number of nitrogens with one attached hydrogen (secondary N) is 2. The summed E-state index contributed by atoms with van der Waals surface area (Å²) >= 11 is 4.37. The lowest BCUT2D eigenvalue weighted by Crippen LogP contribution is -2.54. The van der Waals surface area contributed by atoms with Crippen LogP contribution in [0.1, 0.15) is 5.56 Å². The molecule has 26 heavy (non-hydrogen) atoms. The number of para-hydroxylation sites is 1. The summed E-state index contributed by atoms with van der Waals surface area (Å²) in [6, 6.07) is 11.5. The standard InChI is InChI=1S/C18H13I2N3O3/c1-21-15-13(19)8-10(9-14(15)20)7-12-16(24)22-18(26)23(17(12)25)11-5-3-2-4-6-11/h2-9,21H,1H3,(H,22,24,26)/b12-7+. The number of hydrogen-bond acceptors (Lipinski definition) is 4. The Bertz CT molecular complexity index is 919. The van der Waals surface area contributed by atoms with Crippen molar-refractivity contribution in [3.05, 3.63) is 60.7 Å². The van der Waals surface area contributed by atoms with Crippen molar-refractivity contribution in [2.45, 2.75) is 0 Å². The number of nitrogens with zero attached hydrogens (tertiary/aromatic N) is 1. The molecule has 0 aliphatic carbocycles. The number of hydrogen-bond donors (Lipinski definition) is 2. The van der Waals surface area contributed by atoms with Crippen molar-refractivity contribution in [2.75, 3.05) is 17.3 Å². The Balaban J connectivity index is 2.04. The van der Waals surface area contributed by atoms with Gasteiger partial charge in [-0.15, -0.1) is 0 Å². The van der Waals surface area contributed by atoms with Gasteiger partial charge in [0, 0.05) is 14.2 Å². The maximum atomic E-state index is 12.8. The van der Waals surface area contributed by atoms with Crippen LogP contribution in [-0.4, -0.2) is 24.9 Å². The van der Waals surface area contributed by atoms with Crippen LogP contribution >= 0.6 is 45.2 Å². The molecule has 4 amide bonds. The van der Waals surface area contributed by atoms with E-state index in [-0.39, 0.29) is 5.57 Å². The zero-order valence-electron chi connectivity index (χ0n) is 13.5. The molecule has 1 heterocycles. The summed E-state index contributed by atoms with van der Waals surface area (Å²) in [5.41, 5.74) is 2.01. The maximum absolute atomic E-state index is 12.8. The minimum absolute atomic E-state index is 0.0859. The van der Waals surface area contributed by atoms with Crippen molar-refractivity contribution in [3.63, 3.8) is 0 Å². The van der Waals surface area contributed by atoms with E-state index in [9.17, 15) is 14.4 Å². The van der Waals surface area contributed by atoms with Crippen LogP contribution < -0.4 is 15.5 Å². The largest absolute Gasteiger partial charge is 0.386 e. The minimum atomic E-state index is -0.752. The van der Waals surface area contributed by atoms with Crippen LogP contribution in [0.4, 0.5) is 16.2 Å². The molecule has 132 valence electrons. The molecule has 0 aromatic heterocycles. The summed E-state index contributed by atoms with van der Waals surface area (Å²) in [6.45, 7) is 0. The molecule has 0 spiro atoms. The normalized spacial score (nSPS) is 16.0. The van der Waals surface area contributed by atoms with Crippen molar-refractivity contribution >= 4 is 80.5 Å². The molecule has 1 saturated heterocycles. The third kappa shape index (κ3) is 3.61. The number of urea groups is 1. The highest BCUT2D eigenvalue weighted by Gasteiger charge is 2.36. The Kier molecular flexibility index (Phi) is 5.61. The van der Waals surface area contributed by atoms with Crippen molar-refractivity contribution in [3.8, 4) is 0 Å². The van der Waals surface area contributed by atoms with Crippen LogP contribution in [0.15, 0.2) is 48.0 Å². The number of anilines is 2. The number of benzene rings is 2. The molecule has 3 rings (SSSR count). The van der Waals surface area contributed by atoms with Gasteiger partial charge in [0.1, 0.15) is 5.57 Å². The van der Waals surface area contributed by atoms with E-state index in [0.29, 0.717) is 11.3 Å². The van der Waals surface area contributed by atoms with E-state index in [2.05, 4.69) is 55.8 Å². The summed E-state index contributed by atoms with van der Waals surface area (Å²) in [5.74, 6) is -1.34. The highest BCUT2D eigenvalue weighted by Crippen LogP contribution is 2.28. The SMILES string of the molecule is CNc1c(I)cc(/C=C2\C(=O)NC(=O)N(c3ccccc3)C2=O)cc1I. The second-order valence-electron chi connectivity index (χ2n) is 5.40. The van der Waals surface area contributed by atoms with E-state index >= 15 is 0 Å². The van der Waals surface area contributed by atoms with Gasteiger partial charge in [-0.25, -0.2) is 9.69 Å². The molecule has 1 aliphatic rings. The van der Waals surface area contributed by atoms with Gasteiger partial charge in [-0.2, -0.15) is 0 Å². The number of imide groups is 2. The third-order valence-corrected chi connectivity index (χ3v) is 5.44. The molecule has 1 aliphatic heterocycles. The van der Waals surface area contributed by atoms with Crippen LogP contribution in [0.2, 0.25) is 0 Å². The highest BCUT2D eigenvalue weighted by molar-refractivity contribution is 14.1. The van der Waals surface area contributed by atoms with Gasteiger partial charge in [-0.05, 0) is 81.1 Å². The van der Waals surface area contributed by atoms with E-state index in [1.54, 1.807) is 30.3 Å². The first-order valence-corrected chi connectivity index (χ1v) is 9.71. The van der Waals surface area contributed by atoms with Crippen LogP contribution in [-0.2, 0) is 9.59 Å². The smallest absolute Gasteiger partial charge is 0.335 e. The first-order chi connectivity index (χ1) is 12.4. The lowest BCUT2D eigenvalue weighted by molar-refractivity contribution is -0.122. The quantitative estimate of drug-likeness (QED) is 0.335. The average Bonchev–Trinajstić information content (AvgIpc) is 2.59. The minimum Gasteiger partial charge on any atom is -0.386 e. The summed E-state index contributed by atoms with van der Waals surface area (Å²) in [6.07, 6.45) is 1.50. The lowest BCUT2D eigenvalue weighted by Gasteiger charge is -2.26. The van der Waals surface area contributed by atoms with Gasteiger partial charge in [0.05, 0.1) is 11.4 Å². The molecule has 0 unspecified atom stereocenters. The van der Waals surface area contributed by atoms with Crippen molar-refractivity contribution in [1.29, 1.82) is 0 Å². The van der Waals surface area contributed by atoms with Crippen molar-refractivity contribution in [1.82, 2.24) is 5.32 Å². The topological polar surface area (TPSA) is 78.5 Å². The van der Waals surface area contributed by atoms with Crippen LogP contribution in [0.3, 0.4) is 0 Å². The van der Waals surface area contributed by atoms with E-state index in [1.807, 2.05) is 19.2 Å². The van der Waals surface area contributed by atoms with Gasteiger partial charge < -0.3 is 5.32 Å². The molecule has 0 bridgehead atoms. The summed E-state index contributed by atoms with van der Waals surface area (Å²) in [7, 11) is 1.83. The number of halogens is 2. The Morgan fingerprint density at radius 3 is 2.23 bits per heavy atom. The molecule has 8 heteroatoms. The predicted octanol–water partition coefficient (Wildman–Crippen LogP) is 3.60.